The summed E-state index contributed by atoms with van der Waals surface area (Å²) in [5, 5.41) is 10.5. The number of aryl methyl sites for hydroxylation is 1. The monoisotopic (exact) mass is 367 g/mol. The van der Waals surface area contributed by atoms with Crippen LogP contribution in [0.2, 0.25) is 0 Å². The van der Waals surface area contributed by atoms with Gasteiger partial charge in [0.2, 0.25) is 0 Å². The normalized spacial score (nSPS) is 11.4. The first-order valence-electron chi connectivity index (χ1n) is 8.47. The van der Waals surface area contributed by atoms with Crippen molar-refractivity contribution in [3.8, 4) is 5.69 Å². The number of carbonyl (C=O) groups is 1. The molecule has 0 saturated heterocycles. The van der Waals surface area contributed by atoms with E-state index in [4.69, 9.17) is 4.74 Å². The van der Waals surface area contributed by atoms with Crippen LogP contribution in [0, 0.1) is 12.7 Å². The van der Waals surface area contributed by atoms with Crippen molar-refractivity contribution >= 4 is 27.8 Å². The zero-order chi connectivity index (χ0) is 19.0. The Morgan fingerprint density at radius 3 is 2.93 bits per heavy atom. The van der Waals surface area contributed by atoms with E-state index in [-0.39, 0.29) is 11.7 Å². The lowest BCUT2D eigenvalue weighted by atomic mass is 10.2. The topological polar surface area (TPSA) is 84.8 Å². The highest BCUT2D eigenvalue weighted by atomic mass is 19.1. The number of methoxy groups -OCH3 is 1. The Bertz CT molecular complexity index is 1150. The fraction of sp³-hybridized carbons (Fsp3) is 0.211. The number of benzene rings is 1. The van der Waals surface area contributed by atoms with Gasteiger partial charge in [0.25, 0.3) is 5.91 Å². The molecule has 0 unspecified atom stereocenters. The van der Waals surface area contributed by atoms with E-state index in [0.29, 0.717) is 18.8 Å². The van der Waals surface area contributed by atoms with Gasteiger partial charge in [-0.15, -0.1) is 0 Å². The zero-order valence-corrected chi connectivity index (χ0v) is 14.9. The molecule has 4 aromatic rings. The fourth-order valence-corrected chi connectivity index (χ4v) is 3.20. The molecule has 0 bridgehead atoms. The molecule has 7 nitrogen and oxygen atoms in total. The molecule has 27 heavy (non-hydrogen) atoms. The molecule has 0 aliphatic carbocycles. The summed E-state index contributed by atoms with van der Waals surface area (Å²) < 4.78 is 20.6. The number of aromatic amines is 1. The van der Waals surface area contributed by atoms with E-state index >= 15 is 0 Å². The minimum atomic E-state index is -0.311. The Balaban J connectivity index is 1.79. The molecule has 4 rings (SSSR count). The third-order valence-corrected chi connectivity index (χ3v) is 4.48. The van der Waals surface area contributed by atoms with Crippen molar-refractivity contribution in [3.05, 3.63) is 53.7 Å². The van der Waals surface area contributed by atoms with Crippen LogP contribution in [0.15, 0.2) is 36.7 Å². The molecule has 0 fully saturated rings. The minimum absolute atomic E-state index is 0.255. The van der Waals surface area contributed by atoms with Gasteiger partial charge in [-0.05, 0) is 36.8 Å². The van der Waals surface area contributed by atoms with Crippen molar-refractivity contribution in [1.82, 2.24) is 25.1 Å². The van der Waals surface area contributed by atoms with Gasteiger partial charge in [0, 0.05) is 19.0 Å². The van der Waals surface area contributed by atoms with Crippen LogP contribution in [0.5, 0.6) is 0 Å². The van der Waals surface area contributed by atoms with Gasteiger partial charge in [-0.25, -0.2) is 9.37 Å². The van der Waals surface area contributed by atoms with Gasteiger partial charge < -0.3 is 14.6 Å². The van der Waals surface area contributed by atoms with E-state index in [1.807, 2.05) is 11.5 Å². The van der Waals surface area contributed by atoms with Crippen molar-refractivity contribution in [2.75, 3.05) is 20.3 Å². The number of nitrogens with zero attached hydrogens (tertiary/aromatic N) is 3. The number of carbonyl (C=O) groups excluding carboxylic acids is 1. The lowest BCUT2D eigenvalue weighted by Crippen LogP contribution is -2.27. The van der Waals surface area contributed by atoms with Gasteiger partial charge >= 0.3 is 0 Å². The molecule has 0 saturated carbocycles. The van der Waals surface area contributed by atoms with E-state index in [2.05, 4.69) is 20.5 Å². The maximum absolute atomic E-state index is 13.7. The lowest BCUT2D eigenvalue weighted by Gasteiger charge is -2.11. The predicted octanol–water partition coefficient (Wildman–Crippen LogP) is 2.73. The standard InChI is InChI=1S/C19H18FN5O2/c1-11-7-14(19(26)21-5-6-27-2)22-9-16(11)25-15-4-3-12(20)8-13(15)18-17(25)10-23-24-18/h3-4,7-10H,5-6H2,1-2H3,(H,21,26)(H,23,24). The highest BCUT2D eigenvalue weighted by Gasteiger charge is 2.17. The van der Waals surface area contributed by atoms with E-state index in [1.165, 1.54) is 12.1 Å². The summed E-state index contributed by atoms with van der Waals surface area (Å²) in [6, 6.07) is 6.36. The highest BCUT2D eigenvalue weighted by Crippen LogP contribution is 2.31. The minimum Gasteiger partial charge on any atom is -0.383 e. The van der Waals surface area contributed by atoms with Crippen LogP contribution in [0.25, 0.3) is 27.6 Å². The summed E-state index contributed by atoms with van der Waals surface area (Å²) in [7, 11) is 1.58. The molecule has 3 heterocycles. The Morgan fingerprint density at radius 2 is 2.15 bits per heavy atom. The molecule has 1 amide bonds. The van der Waals surface area contributed by atoms with Gasteiger partial charge in [0.1, 0.15) is 11.5 Å². The Labute approximate surface area is 154 Å². The fourth-order valence-electron chi connectivity index (χ4n) is 3.20. The molecule has 0 spiro atoms. The van der Waals surface area contributed by atoms with Crippen LogP contribution in [-0.4, -0.2) is 45.9 Å². The number of amides is 1. The van der Waals surface area contributed by atoms with E-state index < -0.39 is 0 Å². The molecule has 8 heteroatoms. The van der Waals surface area contributed by atoms with Crippen LogP contribution >= 0.6 is 0 Å². The molecule has 3 aromatic heterocycles. The number of hydrogen-bond donors (Lipinski definition) is 2. The van der Waals surface area contributed by atoms with E-state index in [9.17, 15) is 9.18 Å². The van der Waals surface area contributed by atoms with Crippen molar-refractivity contribution in [3.63, 3.8) is 0 Å². The molecular formula is C19H18FN5O2. The smallest absolute Gasteiger partial charge is 0.269 e. The van der Waals surface area contributed by atoms with Gasteiger partial charge in [0.15, 0.2) is 0 Å². The molecule has 138 valence electrons. The molecule has 2 N–H and O–H groups in total. The van der Waals surface area contributed by atoms with Crippen molar-refractivity contribution < 1.29 is 13.9 Å². The number of aromatic nitrogens is 4. The number of ether oxygens (including phenoxy) is 1. The third-order valence-electron chi connectivity index (χ3n) is 4.48. The summed E-state index contributed by atoms with van der Waals surface area (Å²) in [5.74, 6) is -0.566. The summed E-state index contributed by atoms with van der Waals surface area (Å²) in [6.45, 7) is 2.76. The summed E-state index contributed by atoms with van der Waals surface area (Å²) in [4.78, 5) is 16.5. The third kappa shape index (κ3) is 2.93. The van der Waals surface area contributed by atoms with Crippen molar-refractivity contribution in [1.29, 1.82) is 0 Å². The predicted molar refractivity (Wildman–Crippen MR) is 99.6 cm³/mol. The first-order valence-corrected chi connectivity index (χ1v) is 8.47. The Morgan fingerprint density at radius 1 is 1.30 bits per heavy atom. The van der Waals surface area contributed by atoms with E-state index in [1.54, 1.807) is 31.6 Å². The Kier molecular flexibility index (Phi) is 4.33. The Hall–Kier alpha value is -3.26. The lowest BCUT2D eigenvalue weighted by molar-refractivity contribution is 0.0932. The number of H-pyrrole nitrogens is 1. The van der Waals surface area contributed by atoms with Crippen LogP contribution < -0.4 is 5.32 Å². The average Bonchev–Trinajstić information content (AvgIpc) is 3.23. The van der Waals surface area contributed by atoms with Crippen LogP contribution in [0.4, 0.5) is 4.39 Å². The van der Waals surface area contributed by atoms with Crippen LogP contribution in [-0.2, 0) is 4.74 Å². The second kappa shape index (κ2) is 6.81. The average molecular weight is 367 g/mol. The second-order valence-electron chi connectivity index (χ2n) is 6.23. The van der Waals surface area contributed by atoms with Crippen molar-refractivity contribution in [2.24, 2.45) is 0 Å². The summed E-state index contributed by atoms with van der Waals surface area (Å²) >= 11 is 0. The molecule has 0 aliphatic rings. The van der Waals surface area contributed by atoms with Gasteiger partial charge in [-0.2, -0.15) is 5.10 Å². The summed E-state index contributed by atoms with van der Waals surface area (Å²) in [5.41, 5.74) is 4.41. The van der Waals surface area contributed by atoms with Gasteiger partial charge in [-0.3, -0.25) is 9.89 Å². The molecule has 0 atom stereocenters. The van der Waals surface area contributed by atoms with Crippen molar-refractivity contribution in [2.45, 2.75) is 6.92 Å². The van der Waals surface area contributed by atoms with E-state index in [0.717, 1.165) is 33.2 Å². The SMILES string of the molecule is COCCNC(=O)c1cc(C)c(-n2c3ccc(F)cc3c3[nH]ncc32)cn1. The quantitative estimate of drug-likeness (QED) is 0.531. The number of rotatable bonds is 5. The van der Waals surface area contributed by atoms with Gasteiger partial charge in [-0.1, -0.05) is 0 Å². The number of hydrogen-bond acceptors (Lipinski definition) is 4. The first kappa shape index (κ1) is 17.2. The number of halogens is 1. The number of nitrogens with one attached hydrogen (secondary N) is 2. The van der Waals surface area contributed by atoms with Crippen LogP contribution in [0.1, 0.15) is 16.1 Å². The maximum atomic E-state index is 13.7. The number of fused-ring (bicyclic) bond motifs is 3. The first-order chi connectivity index (χ1) is 13.1. The second-order valence-corrected chi connectivity index (χ2v) is 6.23. The molecule has 1 aromatic carbocycles. The van der Waals surface area contributed by atoms with Gasteiger partial charge in [0.05, 0.1) is 41.2 Å². The van der Waals surface area contributed by atoms with Crippen LogP contribution in [0.3, 0.4) is 0 Å². The summed E-state index contributed by atoms with van der Waals surface area (Å²) in [6.07, 6.45) is 3.34. The largest absolute Gasteiger partial charge is 0.383 e. The highest BCUT2D eigenvalue weighted by molar-refractivity contribution is 6.07. The molecule has 0 radical (unpaired) electrons. The zero-order valence-electron chi connectivity index (χ0n) is 14.9. The maximum Gasteiger partial charge on any atom is 0.269 e. The molecular weight excluding hydrogens is 349 g/mol. The molecule has 0 aliphatic heterocycles. The number of pyridine rings is 1.